The minimum atomic E-state index is -0.224. The van der Waals surface area contributed by atoms with E-state index in [1.807, 2.05) is 72.1 Å². The Hall–Kier alpha value is -4.07. The van der Waals surface area contributed by atoms with Crippen molar-refractivity contribution in [1.82, 2.24) is 0 Å². The summed E-state index contributed by atoms with van der Waals surface area (Å²) >= 11 is 3.34. The van der Waals surface area contributed by atoms with Crippen LogP contribution >= 0.6 is 22.7 Å². The lowest BCUT2D eigenvalue weighted by atomic mass is 10.1. The summed E-state index contributed by atoms with van der Waals surface area (Å²) in [6, 6.07) is 28.9. The fourth-order valence-corrected chi connectivity index (χ4v) is 5.11. The second-order valence-electron chi connectivity index (χ2n) is 7.61. The summed E-state index contributed by atoms with van der Waals surface area (Å²) in [4.78, 5) is 15.0. The van der Waals surface area contributed by atoms with Gasteiger partial charge in [0, 0.05) is 38.3 Å². The van der Waals surface area contributed by atoms with E-state index in [0.29, 0.717) is 17.1 Å². The lowest BCUT2D eigenvalue weighted by molar-refractivity contribution is 0.102. The van der Waals surface area contributed by atoms with Crippen molar-refractivity contribution in [3.8, 4) is 32.4 Å². The van der Waals surface area contributed by atoms with Crippen LogP contribution in [0.1, 0.15) is 10.4 Å². The van der Waals surface area contributed by atoms with E-state index in [0.717, 1.165) is 27.4 Å². The first-order valence-electron chi connectivity index (χ1n) is 11.2. The van der Waals surface area contributed by atoms with Crippen molar-refractivity contribution < 1.29 is 14.3 Å². The number of carbonyl (C=O) groups is 1. The SMILES string of the molecule is COc1ccc(C(=O)Nc2ccccc2-c2cccs2)c(OC)c1.Nc1ccccc1-c1cccs1. The molecule has 0 aliphatic rings. The summed E-state index contributed by atoms with van der Waals surface area (Å²) in [6.07, 6.45) is 0. The third-order valence-electron chi connectivity index (χ3n) is 5.36. The zero-order valence-corrected chi connectivity index (χ0v) is 21.6. The van der Waals surface area contributed by atoms with E-state index in [2.05, 4.69) is 16.8 Å². The van der Waals surface area contributed by atoms with Crippen LogP contribution in [0.3, 0.4) is 0 Å². The van der Waals surface area contributed by atoms with Crippen molar-refractivity contribution in [3.05, 3.63) is 107 Å². The van der Waals surface area contributed by atoms with Gasteiger partial charge >= 0.3 is 0 Å². The number of benzene rings is 3. The molecule has 5 aromatic rings. The molecule has 0 fully saturated rings. The molecule has 2 heterocycles. The summed E-state index contributed by atoms with van der Waals surface area (Å²) in [6.45, 7) is 0. The minimum Gasteiger partial charge on any atom is -0.497 e. The van der Waals surface area contributed by atoms with Crippen molar-refractivity contribution in [1.29, 1.82) is 0 Å². The number of thiophene rings is 2. The smallest absolute Gasteiger partial charge is 0.259 e. The monoisotopic (exact) mass is 514 g/mol. The second kappa shape index (κ2) is 12.1. The lowest BCUT2D eigenvalue weighted by Gasteiger charge is -2.13. The third kappa shape index (κ3) is 5.94. The molecule has 7 heteroatoms. The number of nitrogen functional groups attached to an aromatic ring is 1. The van der Waals surface area contributed by atoms with Crippen LogP contribution in [-0.4, -0.2) is 20.1 Å². The molecule has 0 aliphatic heterocycles. The van der Waals surface area contributed by atoms with E-state index in [1.165, 1.54) is 12.0 Å². The number of anilines is 2. The number of hydrogen-bond donors (Lipinski definition) is 2. The van der Waals surface area contributed by atoms with Gasteiger partial charge in [-0.05, 0) is 47.2 Å². The fourth-order valence-electron chi connectivity index (χ4n) is 3.57. The molecule has 3 aromatic carbocycles. The molecular formula is C29H26N2O3S2. The van der Waals surface area contributed by atoms with Gasteiger partial charge in [0.1, 0.15) is 11.5 Å². The summed E-state index contributed by atoms with van der Waals surface area (Å²) in [5, 5.41) is 7.05. The highest BCUT2D eigenvalue weighted by Crippen LogP contribution is 2.33. The van der Waals surface area contributed by atoms with Gasteiger partial charge in [-0.25, -0.2) is 0 Å². The van der Waals surface area contributed by atoms with E-state index in [9.17, 15) is 4.79 Å². The van der Waals surface area contributed by atoms with Gasteiger partial charge in [0.15, 0.2) is 0 Å². The Morgan fingerprint density at radius 1 is 0.750 bits per heavy atom. The lowest BCUT2D eigenvalue weighted by Crippen LogP contribution is -2.13. The molecule has 5 rings (SSSR count). The molecule has 0 spiro atoms. The molecule has 1 amide bonds. The first kappa shape index (κ1) is 25.0. The number of hydrogen-bond acceptors (Lipinski definition) is 6. The van der Waals surface area contributed by atoms with Gasteiger partial charge < -0.3 is 20.5 Å². The molecule has 0 saturated heterocycles. The number of nitrogens with two attached hydrogens (primary N) is 1. The normalized spacial score (nSPS) is 10.2. The van der Waals surface area contributed by atoms with Crippen LogP contribution in [0.4, 0.5) is 11.4 Å². The van der Waals surface area contributed by atoms with Crippen molar-refractivity contribution in [2.45, 2.75) is 0 Å². The number of amides is 1. The highest BCUT2D eigenvalue weighted by atomic mass is 32.1. The van der Waals surface area contributed by atoms with Gasteiger partial charge in [-0.1, -0.05) is 48.5 Å². The number of carbonyl (C=O) groups excluding carboxylic acids is 1. The van der Waals surface area contributed by atoms with Crippen LogP contribution in [0.5, 0.6) is 11.5 Å². The number of ether oxygens (including phenoxy) is 2. The van der Waals surface area contributed by atoms with Crippen molar-refractivity contribution in [2.75, 3.05) is 25.3 Å². The van der Waals surface area contributed by atoms with Gasteiger partial charge in [0.25, 0.3) is 5.91 Å². The first-order chi connectivity index (χ1) is 17.6. The Bertz CT molecular complexity index is 1410. The number of nitrogens with one attached hydrogen (secondary N) is 1. The molecule has 0 atom stereocenters. The second-order valence-corrected chi connectivity index (χ2v) is 9.50. The molecule has 0 bridgehead atoms. The zero-order valence-electron chi connectivity index (χ0n) is 19.9. The van der Waals surface area contributed by atoms with Gasteiger partial charge in [0.05, 0.1) is 19.8 Å². The molecule has 0 aliphatic carbocycles. The molecule has 182 valence electrons. The minimum absolute atomic E-state index is 0.224. The van der Waals surface area contributed by atoms with E-state index < -0.39 is 0 Å². The van der Waals surface area contributed by atoms with E-state index in [1.54, 1.807) is 48.0 Å². The maximum Gasteiger partial charge on any atom is 0.259 e. The van der Waals surface area contributed by atoms with Crippen molar-refractivity contribution >= 4 is 40.0 Å². The van der Waals surface area contributed by atoms with Crippen LogP contribution in [-0.2, 0) is 0 Å². The number of para-hydroxylation sites is 2. The van der Waals surface area contributed by atoms with Crippen molar-refractivity contribution in [2.24, 2.45) is 0 Å². The Morgan fingerprint density at radius 3 is 2.00 bits per heavy atom. The van der Waals surface area contributed by atoms with Crippen LogP contribution < -0.4 is 20.5 Å². The molecule has 2 aromatic heterocycles. The average molecular weight is 515 g/mol. The summed E-state index contributed by atoms with van der Waals surface area (Å²) in [5.41, 5.74) is 10.0. The summed E-state index contributed by atoms with van der Waals surface area (Å²) in [7, 11) is 3.11. The van der Waals surface area contributed by atoms with E-state index in [-0.39, 0.29) is 5.91 Å². The molecule has 36 heavy (non-hydrogen) atoms. The highest BCUT2D eigenvalue weighted by molar-refractivity contribution is 7.13. The quantitative estimate of drug-likeness (QED) is 0.228. The number of methoxy groups -OCH3 is 2. The Balaban J connectivity index is 0.000000211. The fraction of sp³-hybridized carbons (Fsp3) is 0.0690. The molecule has 0 unspecified atom stereocenters. The molecule has 0 radical (unpaired) electrons. The molecule has 5 nitrogen and oxygen atoms in total. The van der Waals surface area contributed by atoms with Gasteiger partial charge in [-0.2, -0.15) is 0 Å². The number of rotatable bonds is 6. The Morgan fingerprint density at radius 2 is 1.39 bits per heavy atom. The first-order valence-corrected chi connectivity index (χ1v) is 12.9. The molecular weight excluding hydrogens is 488 g/mol. The van der Waals surface area contributed by atoms with Crippen molar-refractivity contribution in [3.63, 3.8) is 0 Å². The standard InChI is InChI=1S/C19H17NO3S.C10H9NS/c1-22-13-9-10-15(17(12-13)23-2)19(21)20-16-7-4-3-6-14(16)18-8-5-11-24-18;11-9-5-2-1-4-8(9)10-6-3-7-12-10/h3-12H,1-2H3,(H,20,21);1-7H,11H2. The maximum atomic E-state index is 12.7. The van der Waals surface area contributed by atoms with Crippen LogP contribution in [0, 0.1) is 0 Å². The van der Waals surface area contributed by atoms with Crippen LogP contribution in [0.2, 0.25) is 0 Å². The topological polar surface area (TPSA) is 73.6 Å². The Kier molecular flexibility index (Phi) is 8.39. The van der Waals surface area contributed by atoms with Crippen LogP contribution in [0.25, 0.3) is 20.9 Å². The van der Waals surface area contributed by atoms with E-state index >= 15 is 0 Å². The summed E-state index contributed by atoms with van der Waals surface area (Å²) < 4.78 is 10.5. The van der Waals surface area contributed by atoms with Gasteiger partial charge in [0.2, 0.25) is 0 Å². The van der Waals surface area contributed by atoms with Gasteiger partial charge in [-0.15, -0.1) is 22.7 Å². The average Bonchev–Trinajstić information content (AvgIpc) is 3.64. The Labute approximate surface area is 218 Å². The zero-order chi connectivity index (χ0) is 25.3. The van der Waals surface area contributed by atoms with Crippen LogP contribution in [0.15, 0.2) is 102 Å². The predicted molar refractivity (Wildman–Crippen MR) is 151 cm³/mol. The summed E-state index contributed by atoms with van der Waals surface area (Å²) in [5.74, 6) is 0.890. The largest absolute Gasteiger partial charge is 0.497 e. The van der Waals surface area contributed by atoms with E-state index in [4.69, 9.17) is 15.2 Å². The maximum absolute atomic E-state index is 12.7. The third-order valence-corrected chi connectivity index (χ3v) is 7.17. The highest BCUT2D eigenvalue weighted by Gasteiger charge is 2.15. The molecule has 0 saturated carbocycles. The predicted octanol–water partition coefficient (Wildman–Crippen LogP) is 7.68. The van der Waals surface area contributed by atoms with Gasteiger partial charge in [-0.3, -0.25) is 4.79 Å². The molecule has 3 N–H and O–H groups in total.